The summed E-state index contributed by atoms with van der Waals surface area (Å²) in [5.41, 5.74) is -0.0826. The van der Waals surface area contributed by atoms with Crippen LogP contribution >= 0.6 is 0 Å². The van der Waals surface area contributed by atoms with E-state index in [0.717, 1.165) is 0 Å². The zero-order valence-corrected chi connectivity index (χ0v) is 18.1. The fourth-order valence-corrected chi connectivity index (χ4v) is 4.31. The molecule has 2 aliphatic heterocycles. The van der Waals surface area contributed by atoms with Crippen LogP contribution in [0, 0.1) is 0 Å². The van der Waals surface area contributed by atoms with Gasteiger partial charge in [-0.05, 0) is 43.7 Å². The van der Waals surface area contributed by atoms with Gasteiger partial charge in [-0.3, -0.25) is 24.1 Å². The normalized spacial score (nSPS) is 19.5. The van der Waals surface area contributed by atoms with Gasteiger partial charge in [-0.2, -0.15) is 13.2 Å². The molecule has 0 aromatic heterocycles. The first kappa shape index (κ1) is 23.3. The number of nitrogens with one attached hydrogen (secondary N) is 2. The van der Waals surface area contributed by atoms with Gasteiger partial charge in [0.15, 0.2) is 0 Å². The zero-order chi connectivity index (χ0) is 24.7. The summed E-state index contributed by atoms with van der Waals surface area (Å²) in [6.07, 6.45) is -3.97. The highest BCUT2D eigenvalue weighted by molar-refractivity contribution is 6.11. The maximum Gasteiger partial charge on any atom is 0.405 e. The number of fused-ring (bicyclic) bond motifs is 3. The molecule has 0 aliphatic carbocycles. The molecule has 178 valence electrons. The number of alkyl halides is 3. The highest BCUT2D eigenvalue weighted by Gasteiger charge is 2.53. The third-order valence-corrected chi connectivity index (χ3v) is 5.91. The summed E-state index contributed by atoms with van der Waals surface area (Å²) in [5.74, 6) is -2.06. The molecule has 2 aromatic carbocycles. The first-order valence-electron chi connectivity index (χ1n) is 10.5. The number of carbonyl (C=O) groups is 4. The Kier molecular flexibility index (Phi) is 5.80. The van der Waals surface area contributed by atoms with Gasteiger partial charge in [0.1, 0.15) is 18.8 Å². The van der Waals surface area contributed by atoms with E-state index < -0.39 is 30.2 Å². The molecule has 34 heavy (non-hydrogen) atoms. The fraction of sp³-hybridized carbons (Fsp3) is 0.304. The first-order valence-corrected chi connectivity index (χ1v) is 10.5. The van der Waals surface area contributed by atoms with Gasteiger partial charge in [-0.15, -0.1) is 0 Å². The van der Waals surface area contributed by atoms with Crippen molar-refractivity contribution >= 4 is 35.0 Å². The molecule has 0 bridgehead atoms. The summed E-state index contributed by atoms with van der Waals surface area (Å²) in [5, 5.41) is 4.34. The van der Waals surface area contributed by atoms with E-state index in [9.17, 15) is 32.3 Å². The number of para-hydroxylation sites is 1. The summed E-state index contributed by atoms with van der Waals surface area (Å²) in [4.78, 5) is 53.5. The van der Waals surface area contributed by atoms with E-state index in [1.807, 2.05) is 0 Å². The number of carbonyl (C=O) groups excluding carboxylic acids is 4. The monoisotopic (exact) mass is 474 g/mol. The van der Waals surface area contributed by atoms with Crippen molar-refractivity contribution in [3.05, 3.63) is 59.7 Å². The predicted octanol–water partition coefficient (Wildman–Crippen LogP) is 2.92. The highest BCUT2D eigenvalue weighted by atomic mass is 19.4. The molecular formula is C23H21F3N4O4. The molecule has 0 spiro atoms. The van der Waals surface area contributed by atoms with Crippen LogP contribution in [0.3, 0.4) is 0 Å². The van der Waals surface area contributed by atoms with E-state index in [4.69, 9.17) is 0 Å². The van der Waals surface area contributed by atoms with Crippen LogP contribution in [0.15, 0.2) is 48.5 Å². The van der Waals surface area contributed by atoms with Crippen molar-refractivity contribution in [2.45, 2.75) is 31.6 Å². The first-order chi connectivity index (χ1) is 16.0. The average Bonchev–Trinajstić information content (AvgIpc) is 3.10. The van der Waals surface area contributed by atoms with Crippen molar-refractivity contribution in [2.24, 2.45) is 0 Å². The molecule has 1 fully saturated rings. The molecular weight excluding hydrogens is 453 g/mol. The molecule has 1 saturated heterocycles. The summed E-state index contributed by atoms with van der Waals surface area (Å²) in [7, 11) is 0. The van der Waals surface area contributed by atoms with Crippen LogP contribution in [0.5, 0.6) is 0 Å². The number of hydrogen-bond donors (Lipinski definition) is 2. The van der Waals surface area contributed by atoms with Crippen molar-refractivity contribution in [3.63, 3.8) is 0 Å². The second-order valence-corrected chi connectivity index (χ2v) is 8.28. The van der Waals surface area contributed by atoms with Crippen LogP contribution in [0.1, 0.15) is 40.5 Å². The van der Waals surface area contributed by atoms with Crippen molar-refractivity contribution in [1.29, 1.82) is 0 Å². The lowest BCUT2D eigenvalue weighted by atomic mass is 9.98. The van der Waals surface area contributed by atoms with Gasteiger partial charge in [0.05, 0.1) is 11.3 Å². The van der Waals surface area contributed by atoms with Crippen LogP contribution in [0.25, 0.3) is 0 Å². The largest absolute Gasteiger partial charge is 0.405 e. The van der Waals surface area contributed by atoms with Gasteiger partial charge in [-0.25, -0.2) is 0 Å². The minimum Gasteiger partial charge on any atom is -0.343 e. The number of amides is 4. The van der Waals surface area contributed by atoms with Crippen LogP contribution < -0.4 is 15.5 Å². The van der Waals surface area contributed by atoms with Crippen LogP contribution in [0.2, 0.25) is 0 Å². The number of benzene rings is 2. The SMILES string of the molecule is C[C@@]12CCC(=O)N1c1ccccc1C(=O)N2CC(=O)Nc1cccc(C(=O)NCC(F)(F)F)c1. The Morgan fingerprint density at radius 3 is 2.56 bits per heavy atom. The van der Waals surface area contributed by atoms with Crippen LogP contribution in [0.4, 0.5) is 24.5 Å². The van der Waals surface area contributed by atoms with Crippen molar-refractivity contribution < 1.29 is 32.3 Å². The maximum atomic E-state index is 13.2. The summed E-state index contributed by atoms with van der Waals surface area (Å²) >= 11 is 0. The third-order valence-electron chi connectivity index (χ3n) is 5.91. The second-order valence-electron chi connectivity index (χ2n) is 8.28. The Hall–Kier alpha value is -3.89. The third kappa shape index (κ3) is 4.33. The standard InChI is InChI=1S/C23H21F3N4O4/c1-22-10-9-19(32)30(22)17-8-3-2-7-16(17)21(34)29(22)12-18(31)28-15-6-4-5-14(11-15)20(33)27-13-23(24,25)26/h2-8,11H,9-10,12-13H2,1H3,(H,27,33)(H,28,31)/t22-/m0/s1. The van der Waals surface area contributed by atoms with Crippen LogP contribution in [-0.4, -0.2) is 53.5 Å². The number of anilines is 2. The number of halogens is 3. The lowest BCUT2D eigenvalue weighted by molar-refractivity contribution is -0.123. The van der Waals surface area contributed by atoms with Crippen molar-refractivity contribution in [2.75, 3.05) is 23.3 Å². The Bertz CT molecular complexity index is 1180. The lowest BCUT2D eigenvalue weighted by Gasteiger charge is -2.48. The number of rotatable bonds is 5. The Balaban J connectivity index is 1.51. The topological polar surface area (TPSA) is 98.8 Å². The van der Waals surface area contributed by atoms with Crippen molar-refractivity contribution in [3.8, 4) is 0 Å². The smallest absolute Gasteiger partial charge is 0.343 e. The summed E-state index contributed by atoms with van der Waals surface area (Å²) in [6.45, 7) is -0.114. The molecule has 11 heteroatoms. The Labute approximate surface area is 192 Å². The molecule has 1 atom stereocenters. The van der Waals surface area contributed by atoms with E-state index in [1.165, 1.54) is 29.2 Å². The van der Waals surface area contributed by atoms with E-state index >= 15 is 0 Å². The molecule has 2 aliphatic rings. The number of nitrogens with zero attached hydrogens (tertiary/aromatic N) is 2. The molecule has 0 unspecified atom stereocenters. The molecule has 2 N–H and O–H groups in total. The minimum atomic E-state index is -4.55. The Morgan fingerprint density at radius 1 is 1.09 bits per heavy atom. The highest BCUT2D eigenvalue weighted by Crippen LogP contribution is 2.43. The van der Waals surface area contributed by atoms with Gasteiger partial charge in [0, 0.05) is 17.7 Å². The molecule has 8 nitrogen and oxygen atoms in total. The quantitative estimate of drug-likeness (QED) is 0.696. The molecule has 0 radical (unpaired) electrons. The predicted molar refractivity (Wildman–Crippen MR) is 116 cm³/mol. The number of hydrogen-bond acceptors (Lipinski definition) is 4. The lowest BCUT2D eigenvalue weighted by Crippen LogP contribution is -2.63. The fourth-order valence-electron chi connectivity index (χ4n) is 4.31. The van der Waals surface area contributed by atoms with E-state index in [-0.39, 0.29) is 36.0 Å². The van der Waals surface area contributed by atoms with Gasteiger partial charge in [0.25, 0.3) is 11.8 Å². The maximum absolute atomic E-state index is 13.2. The van der Waals surface area contributed by atoms with E-state index in [0.29, 0.717) is 17.7 Å². The Morgan fingerprint density at radius 2 is 1.82 bits per heavy atom. The van der Waals surface area contributed by atoms with Gasteiger partial charge in [-0.1, -0.05) is 18.2 Å². The van der Waals surface area contributed by atoms with E-state index in [1.54, 1.807) is 41.4 Å². The molecule has 4 rings (SSSR count). The molecule has 2 heterocycles. The molecule has 0 saturated carbocycles. The van der Waals surface area contributed by atoms with E-state index in [2.05, 4.69) is 5.32 Å². The molecule has 4 amide bonds. The zero-order valence-electron chi connectivity index (χ0n) is 18.1. The second kappa shape index (κ2) is 8.47. The van der Waals surface area contributed by atoms with Gasteiger partial charge < -0.3 is 15.5 Å². The molecule has 2 aromatic rings. The summed E-state index contributed by atoms with van der Waals surface area (Å²) < 4.78 is 37.0. The minimum absolute atomic E-state index is 0.0652. The average molecular weight is 474 g/mol. The van der Waals surface area contributed by atoms with Crippen LogP contribution in [-0.2, 0) is 9.59 Å². The van der Waals surface area contributed by atoms with Gasteiger partial charge >= 0.3 is 6.18 Å². The van der Waals surface area contributed by atoms with Gasteiger partial charge in [0.2, 0.25) is 11.8 Å². The summed E-state index contributed by atoms with van der Waals surface area (Å²) in [6, 6.07) is 12.1. The van der Waals surface area contributed by atoms with Crippen molar-refractivity contribution in [1.82, 2.24) is 10.2 Å².